The third-order valence-electron chi connectivity index (χ3n) is 3.20. The van der Waals surface area contributed by atoms with E-state index in [1.165, 1.54) is 23.5 Å². The molecule has 3 nitrogen and oxygen atoms in total. The first-order chi connectivity index (χ1) is 9.97. The van der Waals surface area contributed by atoms with E-state index in [0.29, 0.717) is 5.69 Å². The zero-order valence-electron chi connectivity index (χ0n) is 10.9. The summed E-state index contributed by atoms with van der Waals surface area (Å²) in [5, 5.41) is 3.01. The summed E-state index contributed by atoms with van der Waals surface area (Å²) in [5.41, 5.74) is 6.84. The summed E-state index contributed by atoms with van der Waals surface area (Å²) in [6.07, 6.45) is 0. The number of thiophene rings is 1. The lowest BCUT2D eigenvalue weighted by atomic mass is 10.2. The van der Waals surface area contributed by atoms with E-state index in [4.69, 9.17) is 17.3 Å². The van der Waals surface area contributed by atoms with Gasteiger partial charge in [-0.3, -0.25) is 0 Å². The number of nitrogens with two attached hydrogens (primary N) is 1. The Balaban J connectivity index is 2.03. The number of rotatable bonds is 3. The predicted molar refractivity (Wildman–Crippen MR) is 88.6 cm³/mol. The third-order valence-corrected chi connectivity index (χ3v) is 6.35. The highest BCUT2D eigenvalue weighted by molar-refractivity contribution is 7.90. The van der Waals surface area contributed by atoms with Gasteiger partial charge in [-0.25, -0.2) is 8.42 Å². The van der Waals surface area contributed by atoms with Crippen LogP contribution in [0, 0.1) is 0 Å². The molecule has 1 aromatic heterocycles. The molecule has 6 heteroatoms. The van der Waals surface area contributed by atoms with Crippen LogP contribution >= 0.6 is 22.9 Å². The number of benzene rings is 2. The second-order valence-electron chi connectivity index (χ2n) is 4.71. The Hall–Kier alpha value is -1.56. The van der Waals surface area contributed by atoms with Crippen LogP contribution < -0.4 is 5.73 Å². The van der Waals surface area contributed by atoms with Gasteiger partial charge in [-0.15, -0.1) is 11.3 Å². The molecule has 0 aliphatic carbocycles. The molecule has 2 aromatic carbocycles. The predicted octanol–water partition coefficient (Wildman–Crippen LogP) is 4.11. The summed E-state index contributed by atoms with van der Waals surface area (Å²) in [6.45, 7) is 0. The van der Waals surface area contributed by atoms with Gasteiger partial charge in [0.25, 0.3) is 0 Å². The highest BCUT2D eigenvalue weighted by Gasteiger charge is 2.20. The van der Waals surface area contributed by atoms with Crippen molar-refractivity contribution in [2.75, 3.05) is 5.73 Å². The van der Waals surface area contributed by atoms with Crippen LogP contribution in [0.2, 0.25) is 5.02 Å². The van der Waals surface area contributed by atoms with E-state index < -0.39 is 9.84 Å². The maximum Gasteiger partial charge on any atom is 0.184 e. The molecule has 0 unspecified atom stereocenters. The van der Waals surface area contributed by atoms with Crippen molar-refractivity contribution in [3.05, 3.63) is 58.4 Å². The van der Waals surface area contributed by atoms with E-state index in [1.807, 2.05) is 29.6 Å². The van der Waals surface area contributed by atoms with Gasteiger partial charge in [-0.05, 0) is 40.6 Å². The lowest BCUT2D eigenvalue weighted by molar-refractivity contribution is 0.595. The topological polar surface area (TPSA) is 60.2 Å². The lowest BCUT2D eigenvalue weighted by Gasteiger charge is -2.07. The van der Waals surface area contributed by atoms with Crippen LogP contribution in [0.4, 0.5) is 5.69 Å². The van der Waals surface area contributed by atoms with Crippen molar-refractivity contribution >= 4 is 48.5 Å². The van der Waals surface area contributed by atoms with Crippen LogP contribution in [0.1, 0.15) is 5.56 Å². The largest absolute Gasteiger partial charge is 0.399 e. The second kappa shape index (κ2) is 5.33. The number of hydrogen-bond acceptors (Lipinski definition) is 4. The quantitative estimate of drug-likeness (QED) is 0.731. The Morgan fingerprint density at radius 3 is 2.67 bits per heavy atom. The second-order valence-corrected chi connectivity index (χ2v) is 7.98. The number of fused-ring (bicyclic) bond motifs is 1. The standard InChI is InChI=1S/C15H12ClNO2S2/c16-13-7-11(17)5-6-15(13)21(18,19)9-10-8-20-14-4-2-1-3-12(10)14/h1-8H,9,17H2. The molecule has 0 saturated heterocycles. The van der Waals surface area contributed by atoms with Gasteiger partial charge in [0.15, 0.2) is 9.84 Å². The molecule has 2 N–H and O–H groups in total. The van der Waals surface area contributed by atoms with Crippen LogP contribution in [0.3, 0.4) is 0 Å². The summed E-state index contributed by atoms with van der Waals surface area (Å²) in [5.74, 6) is -0.0688. The van der Waals surface area contributed by atoms with Crippen LogP contribution in [0.5, 0.6) is 0 Å². The van der Waals surface area contributed by atoms with Gasteiger partial charge < -0.3 is 5.73 Å². The third kappa shape index (κ3) is 2.77. The number of anilines is 1. The van der Waals surface area contributed by atoms with E-state index in [2.05, 4.69) is 0 Å². The van der Waals surface area contributed by atoms with E-state index in [0.717, 1.165) is 15.6 Å². The highest BCUT2D eigenvalue weighted by atomic mass is 35.5. The normalized spacial score (nSPS) is 11.9. The molecule has 0 aliphatic heterocycles. The molecule has 0 bridgehead atoms. The summed E-state index contributed by atoms with van der Waals surface area (Å²) < 4.78 is 26.2. The van der Waals surface area contributed by atoms with Crippen LogP contribution in [-0.2, 0) is 15.6 Å². The summed E-state index contributed by atoms with van der Waals surface area (Å²) in [7, 11) is -3.50. The van der Waals surface area contributed by atoms with Crippen LogP contribution in [0.15, 0.2) is 52.7 Å². The van der Waals surface area contributed by atoms with Gasteiger partial charge in [0.1, 0.15) is 0 Å². The minimum Gasteiger partial charge on any atom is -0.399 e. The van der Waals surface area contributed by atoms with Crippen molar-refractivity contribution in [3.63, 3.8) is 0 Å². The van der Waals surface area contributed by atoms with E-state index in [-0.39, 0.29) is 15.7 Å². The Morgan fingerprint density at radius 2 is 1.90 bits per heavy atom. The number of sulfone groups is 1. The molecule has 1 heterocycles. The number of hydrogen-bond donors (Lipinski definition) is 1. The zero-order chi connectivity index (χ0) is 15.0. The lowest BCUT2D eigenvalue weighted by Crippen LogP contribution is -2.05. The summed E-state index contributed by atoms with van der Waals surface area (Å²) in [6, 6.07) is 12.2. The molecule has 0 radical (unpaired) electrons. The summed E-state index contributed by atoms with van der Waals surface area (Å²) in [4.78, 5) is 0.119. The van der Waals surface area contributed by atoms with Crippen molar-refractivity contribution in [1.29, 1.82) is 0 Å². The molecular formula is C15H12ClNO2S2. The van der Waals surface area contributed by atoms with Gasteiger partial charge >= 0.3 is 0 Å². The van der Waals surface area contributed by atoms with Gasteiger partial charge in [-0.1, -0.05) is 29.8 Å². The Kier molecular flexibility index (Phi) is 3.65. The fourth-order valence-corrected chi connectivity index (χ4v) is 5.24. The first kappa shape index (κ1) is 14.4. The Morgan fingerprint density at radius 1 is 1.14 bits per heavy atom. The molecule has 0 saturated carbocycles. The van der Waals surface area contributed by atoms with E-state index in [1.54, 1.807) is 6.07 Å². The van der Waals surface area contributed by atoms with Crippen molar-refractivity contribution in [3.8, 4) is 0 Å². The van der Waals surface area contributed by atoms with Crippen molar-refractivity contribution in [2.45, 2.75) is 10.6 Å². The fourth-order valence-electron chi connectivity index (χ4n) is 2.20. The smallest absolute Gasteiger partial charge is 0.184 e. The molecule has 0 atom stereocenters. The van der Waals surface area contributed by atoms with Gasteiger partial charge in [0, 0.05) is 10.4 Å². The molecule has 0 spiro atoms. The molecule has 3 rings (SSSR count). The molecular weight excluding hydrogens is 326 g/mol. The van der Waals surface area contributed by atoms with Crippen LogP contribution in [0.25, 0.3) is 10.1 Å². The molecule has 0 amide bonds. The molecule has 108 valence electrons. The SMILES string of the molecule is Nc1ccc(S(=O)(=O)Cc2csc3ccccc23)c(Cl)c1. The van der Waals surface area contributed by atoms with E-state index >= 15 is 0 Å². The van der Waals surface area contributed by atoms with E-state index in [9.17, 15) is 8.42 Å². The first-order valence-electron chi connectivity index (χ1n) is 6.20. The number of nitrogen functional groups attached to an aromatic ring is 1. The fraction of sp³-hybridized carbons (Fsp3) is 0.0667. The molecule has 21 heavy (non-hydrogen) atoms. The minimum absolute atomic E-state index is 0.0688. The van der Waals surface area contributed by atoms with Gasteiger partial charge in [0.05, 0.1) is 15.7 Å². The molecule has 0 aliphatic rings. The molecule has 3 aromatic rings. The van der Waals surface area contributed by atoms with Gasteiger partial charge in [-0.2, -0.15) is 0 Å². The minimum atomic E-state index is -3.50. The molecule has 0 fully saturated rings. The Labute approximate surface area is 131 Å². The zero-order valence-corrected chi connectivity index (χ0v) is 13.3. The maximum atomic E-state index is 12.6. The van der Waals surface area contributed by atoms with Crippen LogP contribution in [-0.4, -0.2) is 8.42 Å². The first-order valence-corrected chi connectivity index (χ1v) is 9.11. The van der Waals surface area contributed by atoms with Gasteiger partial charge in [0.2, 0.25) is 0 Å². The van der Waals surface area contributed by atoms with Crippen molar-refractivity contribution in [1.82, 2.24) is 0 Å². The average Bonchev–Trinajstić information content (AvgIpc) is 2.81. The monoisotopic (exact) mass is 337 g/mol. The van der Waals surface area contributed by atoms with Crippen molar-refractivity contribution in [2.24, 2.45) is 0 Å². The maximum absolute atomic E-state index is 12.6. The number of halogens is 1. The highest BCUT2D eigenvalue weighted by Crippen LogP contribution is 2.31. The van der Waals surface area contributed by atoms with Crippen molar-refractivity contribution < 1.29 is 8.42 Å². The summed E-state index contributed by atoms with van der Waals surface area (Å²) >= 11 is 7.55. The Bertz CT molecular complexity index is 916. The average molecular weight is 338 g/mol.